The van der Waals surface area contributed by atoms with Gasteiger partial charge in [0, 0.05) is 5.57 Å². The Bertz CT molecular complexity index is 231. The summed E-state index contributed by atoms with van der Waals surface area (Å²) in [7, 11) is 0. The Labute approximate surface area is 61.4 Å². The molecule has 0 atom stereocenters. The lowest BCUT2D eigenvalue weighted by atomic mass is 10.1. The summed E-state index contributed by atoms with van der Waals surface area (Å²) in [5.74, 6) is 0.214. The van der Waals surface area contributed by atoms with Crippen molar-refractivity contribution in [2.24, 2.45) is 0 Å². The van der Waals surface area contributed by atoms with Gasteiger partial charge in [-0.1, -0.05) is 11.6 Å². The van der Waals surface area contributed by atoms with E-state index in [2.05, 4.69) is 13.0 Å². The van der Waals surface area contributed by atoms with Crippen LogP contribution in [0.4, 0.5) is 0 Å². The molecule has 0 N–H and O–H groups in total. The van der Waals surface area contributed by atoms with Gasteiger partial charge in [0.2, 0.25) is 0 Å². The van der Waals surface area contributed by atoms with Crippen molar-refractivity contribution >= 4 is 5.78 Å². The molecule has 1 heteroatoms. The highest BCUT2D eigenvalue weighted by atomic mass is 16.1. The molecule has 0 bridgehead atoms. The van der Waals surface area contributed by atoms with Crippen LogP contribution in [0.15, 0.2) is 22.8 Å². The van der Waals surface area contributed by atoms with E-state index in [1.54, 1.807) is 6.92 Å². The molecule has 0 aromatic rings. The molecular formula is C9H12O. The first kappa shape index (κ1) is 7.26. The Balaban J connectivity index is 2.86. The third-order valence-electron chi connectivity index (χ3n) is 1.82. The highest BCUT2D eigenvalue weighted by Gasteiger charge is 2.12. The maximum Gasteiger partial charge on any atom is 0.156 e. The van der Waals surface area contributed by atoms with Gasteiger partial charge in [-0.2, -0.15) is 0 Å². The van der Waals surface area contributed by atoms with Gasteiger partial charge in [0.1, 0.15) is 0 Å². The average Bonchev–Trinajstić information content (AvgIpc) is 2.10. The zero-order valence-electron chi connectivity index (χ0n) is 6.69. The molecule has 0 saturated carbocycles. The molecule has 1 aliphatic carbocycles. The molecule has 0 radical (unpaired) electrons. The summed E-state index contributed by atoms with van der Waals surface area (Å²) in [6, 6.07) is 0. The summed E-state index contributed by atoms with van der Waals surface area (Å²) in [6.45, 7) is 5.68. The molecule has 0 aromatic carbocycles. The number of ketones is 1. The van der Waals surface area contributed by atoms with Crippen molar-refractivity contribution in [3.8, 4) is 0 Å². The zero-order chi connectivity index (χ0) is 7.72. The maximum atomic E-state index is 10.9. The lowest BCUT2D eigenvalue weighted by Crippen LogP contribution is -1.95. The quantitative estimate of drug-likeness (QED) is 0.540. The number of Topliss-reactive ketones (excluding diaryl/α,β-unsaturated/α-hetero) is 1. The van der Waals surface area contributed by atoms with E-state index in [-0.39, 0.29) is 5.78 Å². The molecular weight excluding hydrogens is 124 g/mol. The summed E-state index contributed by atoms with van der Waals surface area (Å²) >= 11 is 0. The molecule has 0 fully saturated rings. The summed E-state index contributed by atoms with van der Waals surface area (Å²) in [5.41, 5.74) is 3.42. The van der Waals surface area contributed by atoms with Gasteiger partial charge >= 0.3 is 0 Å². The molecule has 1 aliphatic rings. The van der Waals surface area contributed by atoms with Gasteiger partial charge < -0.3 is 0 Å². The van der Waals surface area contributed by atoms with Crippen molar-refractivity contribution in [3.63, 3.8) is 0 Å². The number of allylic oxidation sites excluding steroid dienone is 4. The van der Waals surface area contributed by atoms with Gasteiger partial charge in [-0.15, -0.1) is 0 Å². The fourth-order valence-corrected chi connectivity index (χ4v) is 1.33. The first-order valence-corrected chi connectivity index (χ1v) is 3.49. The van der Waals surface area contributed by atoms with Gasteiger partial charge in [0.25, 0.3) is 0 Å². The van der Waals surface area contributed by atoms with Crippen molar-refractivity contribution in [2.45, 2.75) is 27.2 Å². The minimum Gasteiger partial charge on any atom is -0.295 e. The van der Waals surface area contributed by atoms with Crippen molar-refractivity contribution in [1.82, 2.24) is 0 Å². The van der Waals surface area contributed by atoms with Crippen LogP contribution in [0.25, 0.3) is 0 Å². The summed E-state index contributed by atoms with van der Waals surface area (Å²) in [6.07, 6.45) is 2.94. The lowest BCUT2D eigenvalue weighted by molar-refractivity contribution is -0.113. The predicted octanol–water partition coefficient (Wildman–Crippen LogP) is 2.24. The SMILES string of the molecule is CC(=O)C1=C(C)C=C(C)C1. The summed E-state index contributed by atoms with van der Waals surface area (Å²) in [4.78, 5) is 10.9. The van der Waals surface area contributed by atoms with Crippen LogP contribution in [-0.4, -0.2) is 5.78 Å². The van der Waals surface area contributed by atoms with Crippen LogP contribution in [0.1, 0.15) is 27.2 Å². The highest BCUT2D eigenvalue weighted by Crippen LogP contribution is 2.24. The van der Waals surface area contributed by atoms with E-state index in [0.717, 1.165) is 17.6 Å². The molecule has 1 rings (SSSR count). The van der Waals surface area contributed by atoms with E-state index in [1.165, 1.54) is 5.57 Å². The third kappa shape index (κ3) is 1.18. The average molecular weight is 136 g/mol. The van der Waals surface area contributed by atoms with E-state index in [1.807, 2.05) is 6.92 Å². The Kier molecular flexibility index (Phi) is 1.75. The largest absolute Gasteiger partial charge is 0.295 e. The fraction of sp³-hybridized carbons (Fsp3) is 0.444. The fourth-order valence-electron chi connectivity index (χ4n) is 1.33. The third-order valence-corrected chi connectivity index (χ3v) is 1.82. The summed E-state index contributed by atoms with van der Waals surface area (Å²) < 4.78 is 0. The highest BCUT2D eigenvalue weighted by molar-refractivity contribution is 5.95. The number of carbonyl (C=O) groups excluding carboxylic acids is 1. The number of hydrogen-bond acceptors (Lipinski definition) is 1. The van der Waals surface area contributed by atoms with Crippen LogP contribution in [0, 0.1) is 0 Å². The van der Waals surface area contributed by atoms with Crippen molar-refractivity contribution in [1.29, 1.82) is 0 Å². The van der Waals surface area contributed by atoms with E-state index in [9.17, 15) is 4.79 Å². The molecule has 0 spiro atoms. The molecule has 0 saturated heterocycles. The topological polar surface area (TPSA) is 17.1 Å². The second-order valence-electron chi connectivity index (χ2n) is 2.89. The molecule has 0 aromatic heterocycles. The van der Waals surface area contributed by atoms with Gasteiger partial charge in [-0.3, -0.25) is 4.79 Å². The smallest absolute Gasteiger partial charge is 0.156 e. The van der Waals surface area contributed by atoms with Crippen molar-refractivity contribution < 1.29 is 4.79 Å². The molecule has 0 unspecified atom stereocenters. The van der Waals surface area contributed by atoms with E-state index in [4.69, 9.17) is 0 Å². The standard InChI is InChI=1S/C9H12O/c1-6-4-7(2)9(5-6)8(3)10/h4H,5H2,1-3H3. The normalized spacial score (nSPS) is 17.7. The number of hydrogen-bond donors (Lipinski definition) is 0. The van der Waals surface area contributed by atoms with Gasteiger partial charge in [-0.05, 0) is 32.8 Å². The van der Waals surface area contributed by atoms with Crippen LogP contribution in [0.3, 0.4) is 0 Å². The number of rotatable bonds is 1. The Morgan fingerprint density at radius 2 is 2.10 bits per heavy atom. The van der Waals surface area contributed by atoms with Gasteiger partial charge in [0.15, 0.2) is 5.78 Å². The van der Waals surface area contributed by atoms with Crippen LogP contribution >= 0.6 is 0 Å². The van der Waals surface area contributed by atoms with E-state index in [0.29, 0.717) is 0 Å². The van der Waals surface area contributed by atoms with Crippen LogP contribution in [0.2, 0.25) is 0 Å². The molecule has 10 heavy (non-hydrogen) atoms. The van der Waals surface area contributed by atoms with Crippen LogP contribution in [0.5, 0.6) is 0 Å². The van der Waals surface area contributed by atoms with Crippen molar-refractivity contribution in [3.05, 3.63) is 22.8 Å². The predicted molar refractivity (Wildman–Crippen MR) is 41.8 cm³/mol. The minimum atomic E-state index is 0.214. The molecule has 0 heterocycles. The second-order valence-corrected chi connectivity index (χ2v) is 2.89. The second kappa shape index (κ2) is 2.41. The van der Waals surface area contributed by atoms with Crippen LogP contribution in [-0.2, 0) is 4.79 Å². The Morgan fingerprint density at radius 3 is 2.30 bits per heavy atom. The Morgan fingerprint density at radius 1 is 1.50 bits per heavy atom. The van der Waals surface area contributed by atoms with E-state index >= 15 is 0 Å². The monoisotopic (exact) mass is 136 g/mol. The van der Waals surface area contributed by atoms with E-state index < -0.39 is 0 Å². The zero-order valence-corrected chi connectivity index (χ0v) is 6.69. The minimum absolute atomic E-state index is 0.214. The first-order valence-electron chi connectivity index (χ1n) is 3.49. The Hall–Kier alpha value is -0.850. The van der Waals surface area contributed by atoms with Gasteiger partial charge in [-0.25, -0.2) is 0 Å². The first-order chi connectivity index (χ1) is 4.61. The molecule has 0 amide bonds. The van der Waals surface area contributed by atoms with Gasteiger partial charge in [0.05, 0.1) is 0 Å². The lowest BCUT2D eigenvalue weighted by Gasteiger charge is -1.96. The molecule has 54 valence electrons. The number of carbonyl (C=O) groups is 1. The van der Waals surface area contributed by atoms with Crippen LogP contribution < -0.4 is 0 Å². The maximum absolute atomic E-state index is 10.9. The van der Waals surface area contributed by atoms with Crippen molar-refractivity contribution in [2.75, 3.05) is 0 Å². The molecule has 1 nitrogen and oxygen atoms in total. The summed E-state index contributed by atoms with van der Waals surface area (Å²) in [5, 5.41) is 0. The molecule has 0 aliphatic heterocycles.